The van der Waals surface area contributed by atoms with Gasteiger partial charge in [-0.1, -0.05) is 29.8 Å². The van der Waals surface area contributed by atoms with Gasteiger partial charge in [-0.25, -0.2) is 4.68 Å². The molecule has 1 unspecified atom stereocenters. The first-order valence-electron chi connectivity index (χ1n) is 10.2. The van der Waals surface area contributed by atoms with Crippen molar-refractivity contribution in [2.24, 2.45) is 0 Å². The SMILES string of the molecule is CC1=C(C(=O)Nc2cccnc2)C(c2ccccc2Cl)n2nc(-c3ccc(O)cc3)nc2N1. The number of pyridine rings is 1. The fourth-order valence-corrected chi connectivity index (χ4v) is 4.04. The molecule has 3 heterocycles. The van der Waals surface area contributed by atoms with Crippen LogP contribution in [0, 0.1) is 0 Å². The maximum absolute atomic E-state index is 13.4. The number of phenolic OH excluding ortho intramolecular Hbond substituents is 1. The number of halogens is 1. The lowest BCUT2D eigenvalue weighted by atomic mass is 9.95. The van der Waals surface area contributed by atoms with Gasteiger partial charge < -0.3 is 15.7 Å². The van der Waals surface area contributed by atoms with Crippen molar-refractivity contribution >= 4 is 29.1 Å². The van der Waals surface area contributed by atoms with Crippen molar-refractivity contribution in [1.82, 2.24) is 19.7 Å². The number of nitrogens with zero attached hydrogens (tertiary/aromatic N) is 4. The second-order valence-electron chi connectivity index (χ2n) is 7.53. The molecule has 0 radical (unpaired) electrons. The molecule has 8 nitrogen and oxygen atoms in total. The summed E-state index contributed by atoms with van der Waals surface area (Å²) >= 11 is 6.57. The third-order valence-electron chi connectivity index (χ3n) is 5.34. The van der Waals surface area contributed by atoms with Crippen molar-refractivity contribution in [3.05, 3.63) is 94.9 Å². The Morgan fingerprint density at radius 1 is 1.12 bits per heavy atom. The zero-order chi connectivity index (χ0) is 22.9. The molecule has 9 heteroatoms. The second kappa shape index (κ2) is 8.40. The van der Waals surface area contributed by atoms with Crippen molar-refractivity contribution in [1.29, 1.82) is 0 Å². The molecule has 0 bridgehead atoms. The molecule has 1 amide bonds. The normalized spacial score (nSPS) is 15.0. The molecule has 164 valence electrons. The summed E-state index contributed by atoms with van der Waals surface area (Å²) in [5, 5.41) is 20.9. The van der Waals surface area contributed by atoms with E-state index in [9.17, 15) is 9.90 Å². The van der Waals surface area contributed by atoms with Crippen LogP contribution >= 0.6 is 11.6 Å². The number of aromatic nitrogens is 4. The fourth-order valence-electron chi connectivity index (χ4n) is 3.80. The number of rotatable bonds is 4. The zero-order valence-electron chi connectivity index (χ0n) is 17.5. The summed E-state index contributed by atoms with van der Waals surface area (Å²) < 4.78 is 1.66. The van der Waals surface area contributed by atoms with Gasteiger partial charge in [-0.3, -0.25) is 9.78 Å². The number of aromatic hydroxyl groups is 1. The summed E-state index contributed by atoms with van der Waals surface area (Å²) in [5.41, 5.74) is 3.13. The van der Waals surface area contributed by atoms with Crippen LogP contribution in [0.15, 0.2) is 84.3 Å². The Morgan fingerprint density at radius 3 is 2.64 bits per heavy atom. The molecule has 4 aromatic rings. The van der Waals surface area contributed by atoms with Crippen LogP contribution in [0.4, 0.5) is 11.6 Å². The van der Waals surface area contributed by atoms with E-state index in [1.165, 1.54) is 0 Å². The summed E-state index contributed by atoms with van der Waals surface area (Å²) in [4.78, 5) is 22.1. The van der Waals surface area contributed by atoms with Crippen LogP contribution < -0.4 is 10.6 Å². The molecule has 33 heavy (non-hydrogen) atoms. The highest BCUT2D eigenvalue weighted by molar-refractivity contribution is 6.31. The molecular weight excluding hydrogens is 440 g/mol. The Balaban J connectivity index is 1.62. The van der Waals surface area contributed by atoms with Gasteiger partial charge in [0.25, 0.3) is 5.91 Å². The highest BCUT2D eigenvalue weighted by atomic mass is 35.5. The van der Waals surface area contributed by atoms with Crippen LogP contribution in [0.5, 0.6) is 5.75 Å². The van der Waals surface area contributed by atoms with E-state index in [0.717, 1.165) is 11.1 Å². The second-order valence-corrected chi connectivity index (χ2v) is 7.94. The van der Waals surface area contributed by atoms with Crippen molar-refractivity contribution in [3.63, 3.8) is 0 Å². The van der Waals surface area contributed by atoms with Gasteiger partial charge in [0.15, 0.2) is 5.82 Å². The maximum atomic E-state index is 13.4. The summed E-state index contributed by atoms with van der Waals surface area (Å²) in [6.45, 7) is 1.82. The fraction of sp³-hybridized carbons (Fsp3) is 0.0833. The summed E-state index contributed by atoms with van der Waals surface area (Å²) in [5.74, 6) is 0.793. The van der Waals surface area contributed by atoms with Gasteiger partial charge in [0.2, 0.25) is 5.95 Å². The number of nitrogens with one attached hydrogen (secondary N) is 2. The largest absolute Gasteiger partial charge is 0.508 e. The first-order chi connectivity index (χ1) is 16.0. The average molecular weight is 459 g/mol. The van der Waals surface area contributed by atoms with Crippen molar-refractivity contribution < 1.29 is 9.90 Å². The molecule has 0 saturated heterocycles. The van der Waals surface area contributed by atoms with Gasteiger partial charge in [0, 0.05) is 28.0 Å². The monoisotopic (exact) mass is 458 g/mol. The Kier molecular flexibility index (Phi) is 5.27. The van der Waals surface area contributed by atoms with Crippen molar-refractivity contribution in [2.45, 2.75) is 13.0 Å². The van der Waals surface area contributed by atoms with Crippen LogP contribution in [-0.2, 0) is 4.79 Å². The Morgan fingerprint density at radius 2 is 1.91 bits per heavy atom. The van der Waals surface area contributed by atoms with Gasteiger partial charge in [0.05, 0.1) is 17.5 Å². The smallest absolute Gasteiger partial charge is 0.255 e. The average Bonchev–Trinajstić information content (AvgIpc) is 3.23. The first-order valence-corrected chi connectivity index (χ1v) is 10.6. The number of anilines is 2. The van der Waals surface area contributed by atoms with E-state index in [1.54, 1.807) is 59.5 Å². The Bertz CT molecular complexity index is 1370. The lowest BCUT2D eigenvalue weighted by Gasteiger charge is -2.29. The zero-order valence-corrected chi connectivity index (χ0v) is 18.3. The summed E-state index contributed by atoms with van der Waals surface area (Å²) in [6, 6.07) is 16.9. The molecule has 3 N–H and O–H groups in total. The number of benzene rings is 2. The minimum atomic E-state index is -0.606. The van der Waals surface area contributed by atoms with Crippen LogP contribution in [0.2, 0.25) is 5.02 Å². The number of hydrogen-bond donors (Lipinski definition) is 3. The molecule has 1 aliphatic heterocycles. The van der Waals surface area contributed by atoms with Gasteiger partial charge >= 0.3 is 0 Å². The lowest BCUT2D eigenvalue weighted by molar-refractivity contribution is -0.113. The minimum Gasteiger partial charge on any atom is -0.508 e. The van der Waals surface area contributed by atoms with Gasteiger partial charge in [-0.05, 0) is 49.4 Å². The molecule has 0 spiro atoms. The minimum absolute atomic E-state index is 0.154. The third kappa shape index (κ3) is 3.92. The third-order valence-corrected chi connectivity index (χ3v) is 5.69. The van der Waals surface area contributed by atoms with E-state index in [0.29, 0.717) is 33.8 Å². The van der Waals surface area contributed by atoms with E-state index in [2.05, 4.69) is 20.6 Å². The molecule has 0 saturated carbocycles. The molecular formula is C24H19ClN6O2. The number of allylic oxidation sites excluding steroid dienone is 1. The number of hydrogen-bond acceptors (Lipinski definition) is 6. The number of carbonyl (C=O) groups is 1. The lowest BCUT2D eigenvalue weighted by Crippen LogP contribution is -2.31. The van der Waals surface area contributed by atoms with Gasteiger partial charge in [-0.15, -0.1) is 5.10 Å². The highest BCUT2D eigenvalue weighted by Gasteiger charge is 2.35. The summed E-state index contributed by atoms with van der Waals surface area (Å²) in [6.07, 6.45) is 3.22. The molecule has 1 aliphatic rings. The Hall–Kier alpha value is -4.17. The van der Waals surface area contributed by atoms with Gasteiger partial charge in [0.1, 0.15) is 11.8 Å². The first kappa shape index (κ1) is 20.7. The van der Waals surface area contributed by atoms with E-state index >= 15 is 0 Å². The topological polar surface area (TPSA) is 105 Å². The molecule has 0 aliphatic carbocycles. The predicted octanol–water partition coefficient (Wildman–Crippen LogP) is 4.63. The number of fused-ring (bicyclic) bond motifs is 1. The van der Waals surface area contributed by atoms with Crippen molar-refractivity contribution in [3.8, 4) is 17.1 Å². The van der Waals surface area contributed by atoms with Gasteiger partial charge in [-0.2, -0.15) is 4.98 Å². The van der Waals surface area contributed by atoms with Crippen LogP contribution in [-0.4, -0.2) is 30.8 Å². The molecule has 5 rings (SSSR count). The van der Waals surface area contributed by atoms with Crippen molar-refractivity contribution in [2.75, 3.05) is 10.6 Å². The standard InChI is InChI=1S/C24H19ClN6O2/c1-14-20(23(33)28-16-5-4-12-26-13-16)21(18-6-2-3-7-19(18)25)31-24(27-14)29-22(30-31)15-8-10-17(32)11-9-15/h2-13,21,32H,1H3,(H,28,33)(H,27,29,30). The summed E-state index contributed by atoms with van der Waals surface area (Å²) in [7, 11) is 0. The van der Waals surface area contributed by atoms with Crippen LogP contribution in [0.3, 0.4) is 0 Å². The number of amides is 1. The van der Waals surface area contributed by atoms with E-state index in [1.807, 2.05) is 25.1 Å². The number of phenols is 1. The van der Waals surface area contributed by atoms with E-state index in [4.69, 9.17) is 16.7 Å². The molecule has 2 aromatic heterocycles. The van der Waals surface area contributed by atoms with Crippen LogP contribution in [0.1, 0.15) is 18.5 Å². The van der Waals surface area contributed by atoms with E-state index < -0.39 is 6.04 Å². The van der Waals surface area contributed by atoms with E-state index in [-0.39, 0.29) is 11.7 Å². The quantitative estimate of drug-likeness (QED) is 0.412. The molecule has 0 fully saturated rings. The molecule has 2 aromatic carbocycles. The predicted molar refractivity (Wildman–Crippen MR) is 126 cm³/mol. The highest BCUT2D eigenvalue weighted by Crippen LogP contribution is 2.39. The Labute approximate surface area is 194 Å². The molecule has 1 atom stereocenters. The number of carbonyl (C=O) groups excluding carboxylic acids is 1. The maximum Gasteiger partial charge on any atom is 0.255 e. The van der Waals surface area contributed by atoms with Crippen LogP contribution in [0.25, 0.3) is 11.4 Å².